The number of benzene rings is 2. The molecule has 4 nitrogen and oxygen atoms in total. The van der Waals surface area contributed by atoms with Gasteiger partial charge in [-0.3, -0.25) is 0 Å². The lowest BCUT2D eigenvalue weighted by atomic mass is 10.0. The highest BCUT2D eigenvalue weighted by Crippen LogP contribution is 2.18. The normalized spacial score (nSPS) is 11.8. The Morgan fingerprint density at radius 2 is 1.02 bits per heavy atom. The van der Waals surface area contributed by atoms with Crippen molar-refractivity contribution in [2.45, 2.75) is 136 Å². The summed E-state index contributed by atoms with van der Waals surface area (Å²) < 4.78 is 10.8. The van der Waals surface area contributed by atoms with Crippen LogP contribution in [0.3, 0.4) is 0 Å². The Hall–Kier alpha value is -2.62. The molecule has 1 unspecified atom stereocenters. The number of carbonyl (C=O) groups is 2. The van der Waals surface area contributed by atoms with E-state index in [1.807, 2.05) is 31.2 Å². The van der Waals surface area contributed by atoms with Crippen LogP contribution in [0.15, 0.2) is 48.5 Å². The second-order valence-electron chi connectivity index (χ2n) is 11.8. The zero-order chi connectivity index (χ0) is 29.5. The van der Waals surface area contributed by atoms with Crippen molar-refractivity contribution < 1.29 is 19.1 Å². The SMILES string of the molecule is CCCCCCCCCCCCCCCCCCc1ccc(C(=O)Oc2ccc(C(=O)OCC(C)CC)cc2)cc1. The van der Waals surface area contributed by atoms with E-state index in [9.17, 15) is 9.59 Å². The van der Waals surface area contributed by atoms with Gasteiger partial charge in [-0.05, 0) is 60.7 Å². The average Bonchev–Trinajstić information content (AvgIpc) is 3.00. The Morgan fingerprint density at radius 3 is 1.51 bits per heavy atom. The maximum Gasteiger partial charge on any atom is 0.343 e. The maximum absolute atomic E-state index is 12.6. The van der Waals surface area contributed by atoms with Crippen LogP contribution >= 0.6 is 0 Å². The summed E-state index contributed by atoms with van der Waals surface area (Å²) in [6.07, 6.45) is 24.1. The van der Waals surface area contributed by atoms with Crippen LogP contribution in [-0.4, -0.2) is 18.5 Å². The van der Waals surface area contributed by atoms with Gasteiger partial charge in [0.1, 0.15) is 5.75 Å². The number of aryl methyl sites for hydroxylation is 1. The van der Waals surface area contributed by atoms with Crippen molar-refractivity contribution in [1.82, 2.24) is 0 Å². The molecule has 4 heteroatoms. The standard InChI is InChI=1S/C37H56O4/c1-4-6-7-8-9-10-11-12-13-14-15-16-17-18-19-20-21-32-22-24-34(25-23-32)37(39)41-35-28-26-33(27-29-35)36(38)40-30-31(3)5-2/h22-29,31H,4-21,30H2,1-3H3. The molecular weight excluding hydrogens is 508 g/mol. The van der Waals surface area contributed by atoms with E-state index < -0.39 is 5.97 Å². The van der Waals surface area contributed by atoms with Gasteiger partial charge >= 0.3 is 11.9 Å². The fraction of sp³-hybridized carbons (Fsp3) is 0.622. The molecule has 0 N–H and O–H groups in total. The molecule has 0 aromatic heterocycles. The number of unbranched alkanes of at least 4 members (excludes halogenated alkanes) is 15. The van der Waals surface area contributed by atoms with Crippen LogP contribution < -0.4 is 4.74 Å². The number of carbonyl (C=O) groups excluding carboxylic acids is 2. The number of rotatable bonds is 23. The molecule has 0 aliphatic rings. The van der Waals surface area contributed by atoms with Gasteiger partial charge in [0, 0.05) is 0 Å². The summed E-state index contributed by atoms with van der Waals surface area (Å²) in [5.74, 6) is -0.0145. The topological polar surface area (TPSA) is 52.6 Å². The minimum Gasteiger partial charge on any atom is -0.462 e. The molecule has 0 bridgehead atoms. The lowest BCUT2D eigenvalue weighted by molar-refractivity contribution is 0.0447. The second-order valence-corrected chi connectivity index (χ2v) is 11.8. The first-order valence-electron chi connectivity index (χ1n) is 16.6. The zero-order valence-corrected chi connectivity index (χ0v) is 26.3. The summed E-state index contributed by atoms with van der Waals surface area (Å²) in [6, 6.07) is 14.2. The van der Waals surface area contributed by atoms with Gasteiger partial charge in [-0.15, -0.1) is 0 Å². The number of hydrogen-bond acceptors (Lipinski definition) is 4. The first-order valence-corrected chi connectivity index (χ1v) is 16.6. The molecule has 0 spiro atoms. The van der Waals surface area contributed by atoms with E-state index >= 15 is 0 Å². The van der Waals surface area contributed by atoms with Crippen molar-refractivity contribution in [1.29, 1.82) is 0 Å². The highest BCUT2D eigenvalue weighted by molar-refractivity contribution is 5.92. The molecule has 0 heterocycles. The molecule has 0 radical (unpaired) electrons. The summed E-state index contributed by atoms with van der Waals surface area (Å²) in [4.78, 5) is 24.7. The molecule has 0 saturated carbocycles. The van der Waals surface area contributed by atoms with E-state index in [0.29, 0.717) is 29.4 Å². The van der Waals surface area contributed by atoms with Gasteiger partial charge in [-0.1, -0.05) is 136 Å². The van der Waals surface area contributed by atoms with E-state index in [-0.39, 0.29) is 5.97 Å². The maximum atomic E-state index is 12.6. The fourth-order valence-corrected chi connectivity index (χ4v) is 4.93. The van der Waals surface area contributed by atoms with Crippen LogP contribution in [0.4, 0.5) is 0 Å². The van der Waals surface area contributed by atoms with E-state index in [2.05, 4.69) is 13.8 Å². The fourth-order valence-electron chi connectivity index (χ4n) is 4.93. The zero-order valence-electron chi connectivity index (χ0n) is 26.3. The van der Waals surface area contributed by atoms with Gasteiger partial charge in [-0.2, -0.15) is 0 Å². The first kappa shape index (κ1) is 34.6. The predicted molar refractivity (Wildman–Crippen MR) is 171 cm³/mol. The molecule has 0 saturated heterocycles. The summed E-state index contributed by atoms with van der Waals surface area (Å²) in [5, 5.41) is 0. The van der Waals surface area contributed by atoms with E-state index in [0.717, 1.165) is 12.8 Å². The third-order valence-electron chi connectivity index (χ3n) is 8.01. The van der Waals surface area contributed by atoms with Crippen LogP contribution in [0.2, 0.25) is 0 Å². The van der Waals surface area contributed by atoms with Crippen LogP contribution in [-0.2, 0) is 11.2 Å². The van der Waals surface area contributed by atoms with Crippen molar-refractivity contribution in [2.24, 2.45) is 5.92 Å². The molecule has 228 valence electrons. The highest BCUT2D eigenvalue weighted by Gasteiger charge is 2.12. The van der Waals surface area contributed by atoms with Crippen molar-refractivity contribution in [3.8, 4) is 5.75 Å². The van der Waals surface area contributed by atoms with Gasteiger partial charge in [0.2, 0.25) is 0 Å². The number of hydrogen-bond donors (Lipinski definition) is 0. The smallest absolute Gasteiger partial charge is 0.343 e. The van der Waals surface area contributed by atoms with Crippen LogP contribution in [0.5, 0.6) is 5.75 Å². The Balaban J connectivity index is 1.52. The minimum atomic E-state index is -0.397. The molecule has 0 aliphatic carbocycles. The van der Waals surface area contributed by atoms with Crippen molar-refractivity contribution in [3.63, 3.8) is 0 Å². The molecule has 2 aromatic rings. The quantitative estimate of drug-likeness (QED) is 0.0765. The monoisotopic (exact) mass is 564 g/mol. The van der Waals surface area contributed by atoms with E-state index in [1.165, 1.54) is 108 Å². The molecule has 2 aromatic carbocycles. The lowest BCUT2D eigenvalue weighted by Crippen LogP contribution is -2.12. The Morgan fingerprint density at radius 1 is 0.585 bits per heavy atom. The van der Waals surface area contributed by atoms with Gasteiger partial charge in [-0.25, -0.2) is 9.59 Å². The van der Waals surface area contributed by atoms with Crippen LogP contribution in [0.1, 0.15) is 156 Å². The Kier molecular flexibility index (Phi) is 18.6. The minimum absolute atomic E-state index is 0.333. The predicted octanol–water partition coefficient (Wildman–Crippen LogP) is 10.9. The average molecular weight is 565 g/mol. The lowest BCUT2D eigenvalue weighted by Gasteiger charge is -2.10. The summed E-state index contributed by atoms with van der Waals surface area (Å²) in [7, 11) is 0. The summed E-state index contributed by atoms with van der Waals surface area (Å²) in [5.41, 5.74) is 2.23. The van der Waals surface area contributed by atoms with Crippen LogP contribution in [0.25, 0.3) is 0 Å². The van der Waals surface area contributed by atoms with Gasteiger partial charge in [0.25, 0.3) is 0 Å². The van der Waals surface area contributed by atoms with Gasteiger partial charge < -0.3 is 9.47 Å². The second kappa shape index (κ2) is 22.0. The summed E-state index contributed by atoms with van der Waals surface area (Å²) in [6.45, 7) is 6.80. The Bertz CT molecular complexity index is 948. The molecular formula is C37H56O4. The molecule has 0 fully saturated rings. The van der Waals surface area contributed by atoms with Crippen molar-refractivity contribution in [2.75, 3.05) is 6.61 Å². The highest BCUT2D eigenvalue weighted by atomic mass is 16.5. The molecule has 0 amide bonds. The molecule has 2 rings (SSSR count). The molecule has 0 aliphatic heterocycles. The number of esters is 2. The molecule has 1 atom stereocenters. The Labute approximate surface area is 250 Å². The van der Waals surface area contributed by atoms with Crippen molar-refractivity contribution >= 4 is 11.9 Å². The van der Waals surface area contributed by atoms with E-state index in [1.54, 1.807) is 24.3 Å². The first-order chi connectivity index (χ1) is 20.0. The number of ether oxygens (including phenoxy) is 2. The largest absolute Gasteiger partial charge is 0.462 e. The third kappa shape index (κ3) is 15.8. The van der Waals surface area contributed by atoms with Gasteiger partial charge in [0.05, 0.1) is 17.7 Å². The van der Waals surface area contributed by atoms with E-state index in [4.69, 9.17) is 9.47 Å². The third-order valence-corrected chi connectivity index (χ3v) is 8.01. The van der Waals surface area contributed by atoms with Crippen molar-refractivity contribution in [3.05, 3.63) is 65.2 Å². The van der Waals surface area contributed by atoms with Gasteiger partial charge in [0.15, 0.2) is 0 Å². The molecule has 41 heavy (non-hydrogen) atoms. The summed E-state index contributed by atoms with van der Waals surface area (Å²) >= 11 is 0. The van der Waals surface area contributed by atoms with Crippen LogP contribution in [0, 0.1) is 5.92 Å².